The van der Waals surface area contributed by atoms with Crippen LogP contribution >= 0.6 is 23.4 Å². The van der Waals surface area contributed by atoms with E-state index in [1.165, 1.54) is 31.4 Å². The summed E-state index contributed by atoms with van der Waals surface area (Å²) in [5.41, 5.74) is 0.423. The molecule has 1 aliphatic heterocycles. The van der Waals surface area contributed by atoms with Gasteiger partial charge < -0.3 is 5.32 Å². The van der Waals surface area contributed by atoms with E-state index in [2.05, 4.69) is 17.3 Å². The monoisotopic (exact) mass is 313 g/mol. The summed E-state index contributed by atoms with van der Waals surface area (Å²) in [6, 6.07) is 0. The molecule has 3 rings (SSSR count). The molecule has 1 saturated heterocycles. The standard InChI is InChI=1S/C14H20ClN3OS/c1-14(5-2-6-20-14)9-16-12-11(15)7-17-18(13(12)19)8-10-3-4-10/h7,10,16H,2-6,8-9H2,1H3. The Morgan fingerprint density at radius 2 is 2.40 bits per heavy atom. The molecule has 1 atom stereocenters. The summed E-state index contributed by atoms with van der Waals surface area (Å²) in [4.78, 5) is 12.4. The van der Waals surface area contributed by atoms with E-state index in [0.29, 0.717) is 16.6 Å². The molecule has 1 aliphatic carbocycles. The second kappa shape index (κ2) is 5.60. The molecule has 1 unspecified atom stereocenters. The summed E-state index contributed by atoms with van der Waals surface area (Å²) in [5.74, 6) is 1.82. The van der Waals surface area contributed by atoms with Crippen LogP contribution in [-0.2, 0) is 6.54 Å². The number of nitrogens with zero attached hydrogens (tertiary/aromatic N) is 2. The summed E-state index contributed by atoms with van der Waals surface area (Å²) in [7, 11) is 0. The predicted molar refractivity (Wildman–Crippen MR) is 84.8 cm³/mol. The van der Waals surface area contributed by atoms with Gasteiger partial charge in [-0.15, -0.1) is 0 Å². The largest absolute Gasteiger partial charge is 0.378 e. The van der Waals surface area contributed by atoms with Gasteiger partial charge in [0.1, 0.15) is 5.69 Å². The van der Waals surface area contributed by atoms with Crippen molar-refractivity contribution < 1.29 is 0 Å². The third-order valence-electron chi connectivity index (χ3n) is 4.07. The first-order chi connectivity index (χ1) is 9.57. The Morgan fingerprint density at radius 1 is 1.60 bits per heavy atom. The second-order valence-electron chi connectivity index (χ2n) is 6.05. The zero-order valence-electron chi connectivity index (χ0n) is 11.7. The fraction of sp³-hybridized carbons (Fsp3) is 0.714. The summed E-state index contributed by atoms with van der Waals surface area (Å²) >= 11 is 8.11. The molecule has 0 spiro atoms. The molecule has 1 aromatic rings. The number of hydrogen-bond donors (Lipinski definition) is 1. The van der Waals surface area contributed by atoms with E-state index in [1.54, 1.807) is 10.9 Å². The Morgan fingerprint density at radius 3 is 3.05 bits per heavy atom. The maximum absolute atomic E-state index is 12.4. The van der Waals surface area contributed by atoms with E-state index in [1.807, 2.05) is 11.8 Å². The highest BCUT2D eigenvalue weighted by atomic mass is 35.5. The fourth-order valence-corrected chi connectivity index (χ4v) is 3.99. The van der Waals surface area contributed by atoms with Crippen molar-refractivity contribution in [3.63, 3.8) is 0 Å². The van der Waals surface area contributed by atoms with Gasteiger partial charge in [-0.25, -0.2) is 4.68 Å². The number of thioether (sulfide) groups is 1. The Hall–Kier alpha value is -0.680. The minimum atomic E-state index is -0.0870. The molecule has 20 heavy (non-hydrogen) atoms. The Labute approximate surface area is 128 Å². The number of halogens is 1. The maximum Gasteiger partial charge on any atom is 0.291 e. The molecular weight excluding hydrogens is 294 g/mol. The van der Waals surface area contributed by atoms with Crippen molar-refractivity contribution in [2.75, 3.05) is 17.6 Å². The molecule has 0 amide bonds. The third kappa shape index (κ3) is 3.14. The van der Waals surface area contributed by atoms with Crippen LogP contribution in [0.5, 0.6) is 0 Å². The van der Waals surface area contributed by atoms with Gasteiger partial charge in [-0.05, 0) is 44.3 Å². The lowest BCUT2D eigenvalue weighted by Crippen LogP contribution is -2.32. The normalized spacial score (nSPS) is 25.9. The van der Waals surface area contributed by atoms with Crippen LogP contribution in [0.2, 0.25) is 5.02 Å². The third-order valence-corrected chi connectivity index (χ3v) is 5.89. The first-order valence-corrected chi connectivity index (χ1v) is 8.57. The predicted octanol–water partition coefficient (Wildman–Crippen LogP) is 3.00. The second-order valence-corrected chi connectivity index (χ2v) is 8.14. The van der Waals surface area contributed by atoms with Gasteiger partial charge in [-0.3, -0.25) is 4.79 Å². The SMILES string of the molecule is CC1(CNc2c(Cl)cnn(CC3CC3)c2=O)CCCS1. The van der Waals surface area contributed by atoms with E-state index in [0.717, 1.165) is 13.1 Å². The maximum atomic E-state index is 12.4. The lowest BCUT2D eigenvalue weighted by molar-refractivity contribution is 0.534. The van der Waals surface area contributed by atoms with Gasteiger partial charge in [0, 0.05) is 17.8 Å². The molecule has 110 valence electrons. The average molecular weight is 314 g/mol. The lowest BCUT2D eigenvalue weighted by atomic mass is 10.1. The molecule has 0 bridgehead atoms. The molecule has 0 aromatic carbocycles. The highest BCUT2D eigenvalue weighted by molar-refractivity contribution is 8.00. The number of rotatable bonds is 5. The highest BCUT2D eigenvalue weighted by Crippen LogP contribution is 2.37. The Balaban J connectivity index is 1.75. The van der Waals surface area contributed by atoms with Gasteiger partial charge in [0.05, 0.1) is 11.2 Å². The van der Waals surface area contributed by atoms with Crippen LogP contribution in [-0.4, -0.2) is 26.8 Å². The summed E-state index contributed by atoms with van der Waals surface area (Å²) in [6.45, 7) is 3.74. The van der Waals surface area contributed by atoms with Crippen molar-refractivity contribution in [1.82, 2.24) is 9.78 Å². The highest BCUT2D eigenvalue weighted by Gasteiger charge is 2.30. The molecule has 2 fully saturated rings. The van der Waals surface area contributed by atoms with Crippen molar-refractivity contribution >= 4 is 29.1 Å². The van der Waals surface area contributed by atoms with Crippen LogP contribution in [0.15, 0.2) is 11.0 Å². The average Bonchev–Trinajstić information content (AvgIpc) is 3.13. The van der Waals surface area contributed by atoms with Crippen LogP contribution < -0.4 is 10.9 Å². The van der Waals surface area contributed by atoms with Gasteiger partial charge in [-0.1, -0.05) is 11.6 Å². The molecule has 2 aliphatic rings. The molecule has 1 N–H and O–H groups in total. The minimum absolute atomic E-state index is 0.0870. The van der Waals surface area contributed by atoms with E-state index in [4.69, 9.17) is 11.6 Å². The van der Waals surface area contributed by atoms with Gasteiger partial charge in [0.15, 0.2) is 0 Å². The molecule has 1 saturated carbocycles. The first kappa shape index (κ1) is 14.3. The van der Waals surface area contributed by atoms with Gasteiger partial charge in [0.25, 0.3) is 5.56 Å². The molecule has 6 heteroatoms. The molecule has 2 heterocycles. The van der Waals surface area contributed by atoms with Crippen molar-refractivity contribution in [2.45, 2.75) is 43.9 Å². The van der Waals surface area contributed by atoms with Crippen molar-refractivity contribution in [1.29, 1.82) is 0 Å². The van der Waals surface area contributed by atoms with E-state index in [-0.39, 0.29) is 10.3 Å². The van der Waals surface area contributed by atoms with Crippen LogP contribution in [0.1, 0.15) is 32.6 Å². The number of anilines is 1. The van der Waals surface area contributed by atoms with Gasteiger partial charge in [0.2, 0.25) is 0 Å². The molecule has 0 radical (unpaired) electrons. The van der Waals surface area contributed by atoms with E-state index < -0.39 is 0 Å². The zero-order chi connectivity index (χ0) is 14.2. The smallest absolute Gasteiger partial charge is 0.291 e. The van der Waals surface area contributed by atoms with E-state index in [9.17, 15) is 4.79 Å². The van der Waals surface area contributed by atoms with Gasteiger partial charge >= 0.3 is 0 Å². The van der Waals surface area contributed by atoms with Crippen molar-refractivity contribution in [3.05, 3.63) is 21.6 Å². The van der Waals surface area contributed by atoms with Crippen LogP contribution in [0.3, 0.4) is 0 Å². The summed E-state index contributed by atoms with van der Waals surface area (Å²) < 4.78 is 1.76. The number of aromatic nitrogens is 2. The molecule has 1 aromatic heterocycles. The lowest BCUT2D eigenvalue weighted by Gasteiger charge is -2.23. The Bertz CT molecular complexity index is 550. The van der Waals surface area contributed by atoms with E-state index >= 15 is 0 Å². The fourth-order valence-electron chi connectivity index (χ4n) is 2.56. The molecule has 4 nitrogen and oxygen atoms in total. The quantitative estimate of drug-likeness (QED) is 0.907. The topological polar surface area (TPSA) is 46.9 Å². The summed E-state index contributed by atoms with van der Waals surface area (Å²) in [5, 5.41) is 7.84. The minimum Gasteiger partial charge on any atom is -0.378 e. The molecular formula is C14H20ClN3OS. The zero-order valence-corrected chi connectivity index (χ0v) is 13.3. The van der Waals surface area contributed by atoms with Crippen LogP contribution in [0, 0.1) is 5.92 Å². The summed E-state index contributed by atoms with van der Waals surface area (Å²) in [6.07, 6.45) is 6.42. The van der Waals surface area contributed by atoms with Crippen LogP contribution in [0.4, 0.5) is 5.69 Å². The number of hydrogen-bond acceptors (Lipinski definition) is 4. The van der Waals surface area contributed by atoms with Crippen molar-refractivity contribution in [2.24, 2.45) is 5.92 Å². The van der Waals surface area contributed by atoms with Crippen LogP contribution in [0.25, 0.3) is 0 Å². The Kier molecular flexibility index (Phi) is 4.00. The van der Waals surface area contributed by atoms with Crippen molar-refractivity contribution in [3.8, 4) is 0 Å². The van der Waals surface area contributed by atoms with Gasteiger partial charge in [-0.2, -0.15) is 16.9 Å². The first-order valence-electron chi connectivity index (χ1n) is 7.21. The number of nitrogens with one attached hydrogen (secondary N) is 1.